The molecule has 1 aliphatic carbocycles. The Morgan fingerprint density at radius 1 is 1.25 bits per heavy atom. The summed E-state index contributed by atoms with van der Waals surface area (Å²) in [5.74, 6) is 0. The molecule has 2 heterocycles. The van der Waals surface area contributed by atoms with Crippen LogP contribution in [-0.2, 0) is 12.8 Å². The number of nitrogens with two attached hydrogens (primary N) is 1. The van der Waals surface area contributed by atoms with E-state index in [0.717, 1.165) is 0 Å². The molecule has 3 rings (SSSR count). The van der Waals surface area contributed by atoms with Crippen molar-refractivity contribution < 1.29 is 0 Å². The van der Waals surface area contributed by atoms with Crippen molar-refractivity contribution in [3.05, 3.63) is 29.6 Å². The number of aromatic nitrogens is 1. The molecule has 1 aromatic heterocycles. The second-order valence-electron chi connectivity index (χ2n) is 6.94. The average Bonchev–Trinajstić information content (AvgIpc) is 2.76. The fourth-order valence-electron chi connectivity index (χ4n) is 2.92. The minimum Gasteiger partial charge on any atom is -0.317 e. The zero-order valence-corrected chi connectivity index (χ0v) is 13.7. The second-order valence-corrected chi connectivity index (χ2v) is 8.40. The van der Waals surface area contributed by atoms with Gasteiger partial charge in [-0.05, 0) is 76.6 Å². The Balaban J connectivity index is 0.000000212. The molecule has 0 amide bonds. The van der Waals surface area contributed by atoms with Gasteiger partial charge in [-0.1, -0.05) is 18.0 Å². The summed E-state index contributed by atoms with van der Waals surface area (Å²) < 4.78 is 0.236. The molecule has 0 saturated carbocycles. The Labute approximate surface area is 127 Å². The van der Waals surface area contributed by atoms with Gasteiger partial charge in [-0.3, -0.25) is 10.1 Å². The SMILES string of the molecule is CC(C)(C)SN.c1cnc2c(c1)CC1(CCNCC1)C2. The van der Waals surface area contributed by atoms with Crippen LogP contribution in [0, 0.1) is 5.41 Å². The minimum atomic E-state index is 0.236. The van der Waals surface area contributed by atoms with Crippen LogP contribution in [0.5, 0.6) is 0 Å². The van der Waals surface area contributed by atoms with Gasteiger partial charge >= 0.3 is 0 Å². The molecule has 4 heteroatoms. The third-order valence-corrected chi connectivity index (χ3v) is 4.82. The quantitative estimate of drug-likeness (QED) is 0.722. The molecule has 0 bridgehead atoms. The Bertz CT molecular complexity index is 407. The lowest BCUT2D eigenvalue weighted by molar-refractivity contribution is 0.215. The molecular formula is C16H27N3S. The van der Waals surface area contributed by atoms with Crippen LogP contribution in [0.25, 0.3) is 0 Å². The van der Waals surface area contributed by atoms with Gasteiger partial charge in [-0.2, -0.15) is 0 Å². The van der Waals surface area contributed by atoms with Crippen molar-refractivity contribution in [3.63, 3.8) is 0 Å². The maximum atomic E-state index is 5.22. The number of nitrogens with one attached hydrogen (secondary N) is 1. The third kappa shape index (κ3) is 4.21. The average molecular weight is 293 g/mol. The molecule has 3 N–H and O–H groups in total. The highest BCUT2D eigenvalue weighted by molar-refractivity contribution is 7.98. The van der Waals surface area contributed by atoms with Gasteiger partial charge in [-0.15, -0.1) is 0 Å². The second kappa shape index (κ2) is 6.46. The number of fused-ring (bicyclic) bond motifs is 1. The van der Waals surface area contributed by atoms with Crippen molar-refractivity contribution >= 4 is 11.9 Å². The predicted molar refractivity (Wildman–Crippen MR) is 87.7 cm³/mol. The standard InChI is InChI=1S/C12H16N2.C4H11NS/c1-2-10-8-12(3-6-13-7-4-12)9-11(10)14-5-1;1-4(2,3)6-5/h1-2,5,13H,3-4,6-9H2;5H2,1-3H3. The lowest BCUT2D eigenvalue weighted by Gasteiger charge is -2.33. The molecule has 0 aromatic carbocycles. The first kappa shape index (κ1) is 15.8. The number of hydrogen-bond donors (Lipinski definition) is 2. The first-order valence-electron chi connectivity index (χ1n) is 7.46. The molecule has 3 nitrogen and oxygen atoms in total. The van der Waals surface area contributed by atoms with Gasteiger partial charge in [0.1, 0.15) is 0 Å². The highest BCUT2D eigenvalue weighted by Crippen LogP contribution is 2.42. The van der Waals surface area contributed by atoms with Crippen molar-refractivity contribution in [2.75, 3.05) is 13.1 Å². The molecule has 0 radical (unpaired) electrons. The molecule has 1 aromatic rings. The van der Waals surface area contributed by atoms with Gasteiger partial charge in [0.15, 0.2) is 0 Å². The van der Waals surface area contributed by atoms with Crippen molar-refractivity contribution in [1.29, 1.82) is 0 Å². The number of piperidine rings is 1. The maximum Gasteiger partial charge on any atom is 0.0441 e. The Hall–Kier alpha value is -0.580. The maximum absolute atomic E-state index is 5.22. The lowest BCUT2D eigenvalue weighted by atomic mass is 9.77. The molecule has 0 atom stereocenters. The van der Waals surface area contributed by atoms with E-state index in [-0.39, 0.29) is 4.75 Å². The summed E-state index contributed by atoms with van der Waals surface area (Å²) in [4.78, 5) is 4.49. The van der Waals surface area contributed by atoms with Gasteiger partial charge < -0.3 is 5.32 Å². The molecule has 1 fully saturated rings. The van der Waals surface area contributed by atoms with Crippen molar-refractivity contribution in [1.82, 2.24) is 10.3 Å². The summed E-state index contributed by atoms with van der Waals surface area (Å²) in [5.41, 5.74) is 3.41. The summed E-state index contributed by atoms with van der Waals surface area (Å²) in [7, 11) is 0. The van der Waals surface area contributed by atoms with Crippen LogP contribution < -0.4 is 10.5 Å². The minimum absolute atomic E-state index is 0.236. The summed E-state index contributed by atoms with van der Waals surface area (Å²) in [5, 5.41) is 8.66. The Morgan fingerprint density at radius 3 is 2.45 bits per heavy atom. The number of nitrogens with zero attached hydrogens (tertiary/aromatic N) is 1. The Kier molecular flexibility index (Phi) is 5.10. The molecule has 20 heavy (non-hydrogen) atoms. The first-order valence-corrected chi connectivity index (χ1v) is 8.34. The lowest BCUT2D eigenvalue weighted by Crippen LogP contribution is -2.37. The molecule has 1 saturated heterocycles. The summed E-state index contributed by atoms with van der Waals surface area (Å²) in [6.07, 6.45) is 7.05. The van der Waals surface area contributed by atoms with Crippen molar-refractivity contribution in [2.45, 2.75) is 51.2 Å². The van der Waals surface area contributed by atoms with Gasteiger partial charge in [-0.25, -0.2) is 0 Å². The van der Waals surface area contributed by atoms with Gasteiger partial charge in [0.05, 0.1) is 0 Å². The van der Waals surface area contributed by atoms with Crippen molar-refractivity contribution in [2.24, 2.45) is 10.6 Å². The molecule has 1 aliphatic heterocycles. The van der Waals surface area contributed by atoms with E-state index in [9.17, 15) is 0 Å². The third-order valence-electron chi connectivity index (χ3n) is 4.11. The van der Waals surface area contributed by atoms with Crippen LogP contribution in [-0.4, -0.2) is 22.8 Å². The van der Waals surface area contributed by atoms with Crippen LogP contribution in [0.1, 0.15) is 44.9 Å². The van der Waals surface area contributed by atoms with Crippen LogP contribution in [0.15, 0.2) is 18.3 Å². The molecule has 112 valence electrons. The van der Waals surface area contributed by atoms with E-state index in [2.05, 4.69) is 43.2 Å². The zero-order valence-electron chi connectivity index (χ0n) is 12.9. The van der Waals surface area contributed by atoms with Gasteiger partial charge in [0.2, 0.25) is 0 Å². The van der Waals surface area contributed by atoms with Crippen LogP contribution in [0.3, 0.4) is 0 Å². The van der Waals surface area contributed by atoms with Gasteiger partial charge in [0.25, 0.3) is 0 Å². The molecular weight excluding hydrogens is 266 g/mol. The molecule has 2 aliphatic rings. The largest absolute Gasteiger partial charge is 0.317 e. The number of rotatable bonds is 0. The van der Waals surface area contributed by atoms with E-state index in [4.69, 9.17) is 5.14 Å². The van der Waals surface area contributed by atoms with Crippen molar-refractivity contribution in [3.8, 4) is 0 Å². The topological polar surface area (TPSA) is 50.9 Å². The predicted octanol–water partition coefficient (Wildman–Crippen LogP) is 2.94. The van der Waals surface area contributed by atoms with E-state index in [1.165, 1.54) is 62.0 Å². The summed E-state index contributed by atoms with van der Waals surface area (Å²) >= 11 is 1.38. The van der Waals surface area contributed by atoms with Crippen LogP contribution in [0.2, 0.25) is 0 Å². The normalized spacial score (nSPS) is 20.2. The Morgan fingerprint density at radius 2 is 1.90 bits per heavy atom. The van der Waals surface area contributed by atoms with E-state index in [1.54, 1.807) is 0 Å². The highest BCUT2D eigenvalue weighted by Gasteiger charge is 2.38. The summed E-state index contributed by atoms with van der Waals surface area (Å²) in [6.45, 7) is 8.62. The van der Waals surface area contributed by atoms with Gasteiger partial charge in [0, 0.05) is 16.6 Å². The van der Waals surface area contributed by atoms with E-state index >= 15 is 0 Å². The monoisotopic (exact) mass is 293 g/mol. The highest BCUT2D eigenvalue weighted by atomic mass is 32.2. The summed E-state index contributed by atoms with van der Waals surface area (Å²) in [6, 6.07) is 4.32. The number of pyridine rings is 1. The van der Waals surface area contributed by atoms with E-state index in [0.29, 0.717) is 5.41 Å². The fourth-order valence-corrected chi connectivity index (χ4v) is 2.92. The molecule has 0 unspecified atom stereocenters. The number of hydrogen-bond acceptors (Lipinski definition) is 4. The fraction of sp³-hybridized carbons (Fsp3) is 0.688. The van der Waals surface area contributed by atoms with E-state index < -0.39 is 0 Å². The first-order chi connectivity index (χ1) is 9.44. The van der Waals surface area contributed by atoms with Crippen LogP contribution >= 0.6 is 11.9 Å². The van der Waals surface area contributed by atoms with Crippen LogP contribution in [0.4, 0.5) is 0 Å². The smallest absolute Gasteiger partial charge is 0.0441 e. The molecule has 1 spiro atoms. The van der Waals surface area contributed by atoms with E-state index in [1.807, 2.05) is 6.20 Å². The zero-order chi connectivity index (χ0) is 14.6.